The van der Waals surface area contributed by atoms with Crippen molar-refractivity contribution in [3.63, 3.8) is 0 Å². The van der Waals surface area contributed by atoms with Crippen molar-refractivity contribution in [1.29, 1.82) is 0 Å². The van der Waals surface area contributed by atoms with Crippen LogP contribution >= 0.6 is 0 Å². The Labute approximate surface area is 184 Å². The second-order valence-electron chi connectivity index (χ2n) is 7.58. The minimum absolute atomic E-state index is 0.139. The van der Waals surface area contributed by atoms with Crippen molar-refractivity contribution in [3.05, 3.63) is 127 Å². The summed E-state index contributed by atoms with van der Waals surface area (Å²) < 4.78 is 18.0. The van der Waals surface area contributed by atoms with Gasteiger partial charge >= 0.3 is 185 Å². The van der Waals surface area contributed by atoms with Gasteiger partial charge in [-0.25, -0.2) is 0 Å². The molecule has 2 nitrogen and oxygen atoms in total. The monoisotopic (exact) mass is 472 g/mol. The first-order valence-corrected chi connectivity index (χ1v) is 14.6. The van der Waals surface area contributed by atoms with Crippen LogP contribution in [0.3, 0.4) is 0 Å². The fraction of sp³-hybridized carbons (Fsp3) is 0.0741. The van der Waals surface area contributed by atoms with Gasteiger partial charge in [0.25, 0.3) is 0 Å². The zero-order chi connectivity index (χ0) is 21.7. The van der Waals surface area contributed by atoms with Crippen LogP contribution in [-0.2, 0) is 4.79 Å². The molecule has 0 saturated heterocycles. The topological polar surface area (TPSA) is 37.3 Å². The number of halogens is 1. The van der Waals surface area contributed by atoms with Gasteiger partial charge in [0, 0.05) is 0 Å². The molecule has 0 aliphatic rings. The quantitative estimate of drug-likeness (QED) is 0.413. The maximum absolute atomic E-state index is 15.2. The van der Waals surface area contributed by atoms with Gasteiger partial charge in [-0.3, -0.25) is 0 Å². The van der Waals surface area contributed by atoms with E-state index in [4.69, 9.17) is 0 Å². The number of aliphatic carboxylic acids is 1. The number of carbonyl (C=O) groups is 1. The predicted molar refractivity (Wildman–Crippen MR) is 125 cm³/mol. The average molecular weight is 471 g/mol. The Morgan fingerprint density at radius 3 is 1.45 bits per heavy atom. The minimum atomic E-state index is -3.75. The first-order chi connectivity index (χ1) is 15.1. The zero-order valence-electron chi connectivity index (χ0n) is 17.0. The van der Waals surface area contributed by atoms with E-state index in [2.05, 4.69) is 36.4 Å². The molecule has 0 saturated carbocycles. The summed E-state index contributed by atoms with van der Waals surface area (Å²) in [5, 5.41) is 9.95. The molecular weight excluding hydrogens is 448 g/mol. The van der Waals surface area contributed by atoms with E-state index in [0.717, 1.165) is 13.2 Å². The van der Waals surface area contributed by atoms with Crippen LogP contribution in [-0.4, -0.2) is 24.3 Å². The van der Waals surface area contributed by atoms with Crippen molar-refractivity contribution in [2.24, 2.45) is 0 Å². The number of carboxylic acid groups (broad SMARTS) is 1. The second-order valence-corrected chi connectivity index (χ2v) is 16.1. The Balaban J connectivity index is 2.14. The van der Waals surface area contributed by atoms with Crippen LogP contribution in [0.2, 0.25) is 0 Å². The molecule has 0 spiro atoms. The van der Waals surface area contributed by atoms with E-state index in [9.17, 15) is 9.90 Å². The molecule has 0 fully saturated rings. The summed E-state index contributed by atoms with van der Waals surface area (Å²) in [6.45, 7) is 0. The molecule has 4 rings (SSSR count). The van der Waals surface area contributed by atoms with Crippen molar-refractivity contribution < 1.29 is 14.3 Å². The third-order valence-electron chi connectivity index (χ3n) is 5.87. The van der Waals surface area contributed by atoms with Crippen molar-refractivity contribution in [2.45, 2.75) is 11.2 Å². The Morgan fingerprint density at radius 2 is 1.06 bits per heavy atom. The third-order valence-corrected chi connectivity index (χ3v) is 17.0. The van der Waals surface area contributed by atoms with E-state index in [1.807, 2.05) is 54.6 Å². The Kier molecular flexibility index (Phi) is 6.33. The van der Waals surface area contributed by atoms with Gasteiger partial charge in [0.1, 0.15) is 0 Å². The van der Waals surface area contributed by atoms with E-state index in [0.29, 0.717) is 5.56 Å². The van der Waals surface area contributed by atoms with E-state index >= 15 is 4.39 Å². The van der Waals surface area contributed by atoms with Crippen molar-refractivity contribution in [3.8, 4) is 0 Å². The van der Waals surface area contributed by atoms with Crippen LogP contribution in [0, 0.1) is 5.82 Å². The molecule has 0 aliphatic carbocycles. The Hall–Kier alpha value is -3.18. The van der Waals surface area contributed by atoms with Crippen molar-refractivity contribution in [1.82, 2.24) is 0 Å². The van der Waals surface area contributed by atoms with Crippen LogP contribution in [0.25, 0.3) is 0 Å². The first kappa shape index (κ1) is 21.1. The number of benzene rings is 4. The molecule has 0 aromatic heterocycles. The van der Waals surface area contributed by atoms with Crippen LogP contribution in [0.4, 0.5) is 4.39 Å². The van der Waals surface area contributed by atoms with Crippen molar-refractivity contribution >= 4 is 32.4 Å². The van der Waals surface area contributed by atoms with E-state index in [1.54, 1.807) is 18.2 Å². The fourth-order valence-corrected chi connectivity index (χ4v) is 16.3. The summed E-state index contributed by atoms with van der Waals surface area (Å²) in [4.78, 5) is 12.1. The number of carboxylic acids is 1. The fourth-order valence-electron chi connectivity index (χ4n) is 4.64. The first-order valence-electron chi connectivity index (χ1n) is 10.3. The number of rotatable bonds is 7. The molecule has 154 valence electrons. The van der Waals surface area contributed by atoms with Crippen LogP contribution < -0.4 is 13.2 Å². The van der Waals surface area contributed by atoms with Gasteiger partial charge in [0.05, 0.1) is 0 Å². The van der Waals surface area contributed by atoms with E-state index < -0.39 is 24.0 Å². The summed E-state index contributed by atoms with van der Waals surface area (Å²) in [5.41, 5.74) is 0.474. The normalized spacial score (nSPS) is 12.3. The maximum atomic E-state index is 15.2. The molecular formula is C27H23FGeO2. The Bertz CT molecular complexity index is 1050. The molecule has 4 aromatic rings. The SMILES string of the molecule is O=C(O)C[CH](c1ccccc1F)[Ge]([c]1ccccc1)([c]1ccccc1)[c]1ccccc1. The molecule has 4 heteroatoms. The van der Waals surface area contributed by atoms with Gasteiger partial charge in [-0.1, -0.05) is 0 Å². The summed E-state index contributed by atoms with van der Waals surface area (Å²) in [5.74, 6) is -1.28. The van der Waals surface area contributed by atoms with Crippen LogP contribution in [0.1, 0.15) is 16.7 Å². The van der Waals surface area contributed by atoms with Gasteiger partial charge in [-0.2, -0.15) is 0 Å². The van der Waals surface area contributed by atoms with Crippen LogP contribution in [0.15, 0.2) is 115 Å². The predicted octanol–water partition coefficient (Wildman–Crippen LogP) is 4.09. The molecule has 0 amide bonds. The second kappa shape index (κ2) is 9.31. The van der Waals surface area contributed by atoms with Gasteiger partial charge in [-0.15, -0.1) is 0 Å². The van der Waals surface area contributed by atoms with E-state index in [1.165, 1.54) is 6.07 Å². The third kappa shape index (κ3) is 4.06. The molecule has 4 aromatic carbocycles. The summed E-state index contributed by atoms with van der Waals surface area (Å²) in [7, 11) is 0. The number of hydrogen-bond acceptors (Lipinski definition) is 1. The Morgan fingerprint density at radius 1 is 0.677 bits per heavy atom. The molecule has 1 atom stereocenters. The zero-order valence-corrected chi connectivity index (χ0v) is 19.1. The van der Waals surface area contributed by atoms with Gasteiger partial charge in [0.2, 0.25) is 0 Å². The van der Waals surface area contributed by atoms with Gasteiger partial charge in [-0.05, 0) is 0 Å². The molecule has 0 heterocycles. The molecule has 0 aliphatic heterocycles. The standard InChI is InChI=1S/C27H23FGeO2/c28-25-19-11-10-18-24(25)26(20-27(30)31)29(21-12-4-1-5-13-21,22-14-6-2-7-15-22)23-16-8-3-9-17-23/h1-19,26H,20H2,(H,30,31). The summed E-state index contributed by atoms with van der Waals surface area (Å²) in [6.07, 6.45) is -0.139. The summed E-state index contributed by atoms with van der Waals surface area (Å²) in [6, 6.07) is 36.9. The van der Waals surface area contributed by atoms with Gasteiger partial charge in [0.15, 0.2) is 0 Å². The molecule has 1 N–H and O–H groups in total. The molecule has 0 bridgehead atoms. The molecule has 31 heavy (non-hydrogen) atoms. The summed E-state index contributed by atoms with van der Waals surface area (Å²) >= 11 is -3.75. The average Bonchev–Trinajstić information content (AvgIpc) is 2.81. The molecule has 0 radical (unpaired) electrons. The number of hydrogen-bond donors (Lipinski definition) is 1. The van der Waals surface area contributed by atoms with Crippen molar-refractivity contribution in [2.75, 3.05) is 0 Å². The van der Waals surface area contributed by atoms with E-state index in [-0.39, 0.29) is 12.2 Å². The molecule has 1 unspecified atom stereocenters. The van der Waals surface area contributed by atoms with Gasteiger partial charge < -0.3 is 0 Å². The van der Waals surface area contributed by atoms with Crippen LogP contribution in [0.5, 0.6) is 0 Å².